The number of aryl methyl sites for hydroxylation is 1. The summed E-state index contributed by atoms with van der Waals surface area (Å²) in [4.78, 5) is 16.3. The summed E-state index contributed by atoms with van der Waals surface area (Å²) in [6, 6.07) is 2.58. The van der Waals surface area contributed by atoms with Crippen molar-refractivity contribution in [3.63, 3.8) is 0 Å². The Balaban J connectivity index is 2.24. The van der Waals surface area contributed by atoms with Crippen molar-refractivity contribution in [2.24, 2.45) is 0 Å². The molecule has 94 valence electrons. The molecule has 0 aromatic carbocycles. The quantitative estimate of drug-likeness (QED) is 0.879. The van der Waals surface area contributed by atoms with Crippen LogP contribution in [0.4, 0.5) is 5.69 Å². The smallest absolute Gasteiger partial charge is 0.264 e. The van der Waals surface area contributed by atoms with Crippen LogP contribution in [0.3, 0.4) is 0 Å². The summed E-state index contributed by atoms with van der Waals surface area (Å²) in [5, 5.41) is 0. The molecule has 1 amide bonds. The molecule has 1 fully saturated rings. The number of nitrogens with two attached hydrogens (primary N) is 1. The van der Waals surface area contributed by atoms with Crippen LogP contribution in [0.5, 0.6) is 0 Å². The molecule has 2 rings (SSSR count). The van der Waals surface area contributed by atoms with Crippen molar-refractivity contribution in [3.05, 3.63) is 15.8 Å². The summed E-state index contributed by atoms with van der Waals surface area (Å²) in [6.45, 7) is 6.25. The molecule has 0 radical (unpaired) electrons. The first-order valence-electron chi connectivity index (χ1n) is 6.23. The van der Waals surface area contributed by atoms with Gasteiger partial charge in [0.05, 0.1) is 4.88 Å². The van der Waals surface area contributed by atoms with Crippen molar-refractivity contribution in [2.45, 2.75) is 52.1 Å². The van der Waals surface area contributed by atoms with Crippen molar-refractivity contribution < 1.29 is 4.79 Å². The van der Waals surface area contributed by atoms with Crippen molar-refractivity contribution in [2.75, 3.05) is 5.73 Å². The number of nitrogen functional groups attached to an aromatic ring is 1. The number of nitrogens with zero attached hydrogens (tertiary/aromatic N) is 1. The largest absolute Gasteiger partial charge is 0.398 e. The van der Waals surface area contributed by atoms with Gasteiger partial charge in [0.1, 0.15) is 0 Å². The zero-order valence-electron chi connectivity index (χ0n) is 10.7. The Kier molecular flexibility index (Phi) is 3.43. The van der Waals surface area contributed by atoms with Gasteiger partial charge in [-0.25, -0.2) is 0 Å². The molecular weight excluding hydrogens is 232 g/mol. The van der Waals surface area contributed by atoms with E-state index in [1.165, 1.54) is 11.3 Å². The van der Waals surface area contributed by atoms with Crippen molar-refractivity contribution in [1.82, 2.24) is 4.90 Å². The highest BCUT2D eigenvalue weighted by Crippen LogP contribution is 2.31. The van der Waals surface area contributed by atoms with Gasteiger partial charge in [0.15, 0.2) is 0 Å². The van der Waals surface area contributed by atoms with E-state index in [0.717, 1.165) is 34.7 Å². The lowest BCUT2D eigenvalue weighted by Crippen LogP contribution is -2.39. The molecular formula is C13H20N2OS. The van der Waals surface area contributed by atoms with Gasteiger partial charge in [0.2, 0.25) is 0 Å². The fourth-order valence-electron chi connectivity index (χ4n) is 2.57. The van der Waals surface area contributed by atoms with Crippen LogP contribution in [0.2, 0.25) is 0 Å². The summed E-state index contributed by atoms with van der Waals surface area (Å²) in [7, 11) is 0. The third kappa shape index (κ3) is 2.18. The fraction of sp³-hybridized carbons (Fsp3) is 0.615. The Bertz CT molecular complexity index is 408. The van der Waals surface area contributed by atoms with E-state index in [1.54, 1.807) is 0 Å². The van der Waals surface area contributed by atoms with Gasteiger partial charge in [-0.05, 0) is 39.2 Å². The van der Waals surface area contributed by atoms with E-state index in [0.29, 0.717) is 12.1 Å². The van der Waals surface area contributed by atoms with E-state index in [1.807, 2.05) is 17.9 Å². The average Bonchev–Trinajstić information content (AvgIpc) is 2.82. The lowest BCUT2D eigenvalue weighted by molar-refractivity contribution is 0.0681. The molecule has 2 atom stereocenters. The van der Waals surface area contributed by atoms with Gasteiger partial charge in [-0.1, -0.05) is 6.92 Å². The van der Waals surface area contributed by atoms with Crippen LogP contribution < -0.4 is 5.73 Å². The third-order valence-corrected chi connectivity index (χ3v) is 4.71. The van der Waals surface area contributed by atoms with Crippen LogP contribution in [-0.2, 0) is 0 Å². The van der Waals surface area contributed by atoms with Gasteiger partial charge in [-0.15, -0.1) is 11.3 Å². The second-order valence-corrected chi connectivity index (χ2v) is 6.08. The van der Waals surface area contributed by atoms with Gasteiger partial charge in [-0.2, -0.15) is 0 Å². The van der Waals surface area contributed by atoms with E-state index >= 15 is 0 Å². The van der Waals surface area contributed by atoms with Gasteiger partial charge < -0.3 is 10.6 Å². The fourth-order valence-corrected chi connectivity index (χ4v) is 3.45. The Morgan fingerprint density at radius 2 is 2.29 bits per heavy atom. The lowest BCUT2D eigenvalue weighted by atomic mass is 10.1. The van der Waals surface area contributed by atoms with Gasteiger partial charge in [0, 0.05) is 22.6 Å². The molecule has 0 bridgehead atoms. The number of thiophene rings is 1. The van der Waals surface area contributed by atoms with Crippen molar-refractivity contribution >= 4 is 22.9 Å². The van der Waals surface area contributed by atoms with E-state index in [4.69, 9.17) is 5.73 Å². The van der Waals surface area contributed by atoms with Crippen LogP contribution in [0.15, 0.2) is 6.07 Å². The summed E-state index contributed by atoms with van der Waals surface area (Å²) < 4.78 is 0. The normalized spacial score (nSPS) is 24.3. The van der Waals surface area contributed by atoms with Gasteiger partial charge in [-0.3, -0.25) is 4.79 Å². The van der Waals surface area contributed by atoms with E-state index in [9.17, 15) is 4.79 Å². The molecule has 2 unspecified atom stereocenters. The molecule has 3 nitrogen and oxygen atoms in total. The molecule has 1 aliphatic rings. The highest BCUT2D eigenvalue weighted by molar-refractivity contribution is 7.14. The molecule has 1 aromatic heterocycles. The zero-order chi connectivity index (χ0) is 12.6. The minimum absolute atomic E-state index is 0.159. The molecule has 1 aliphatic heterocycles. The Labute approximate surface area is 107 Å². The maximum atomic E-state index is 12.5. The van der Waals surface area contributed by atoms with Crippen molar-refractivity contribution in [3.8, 4) is 0 Å². The van der Waals surface area contributed by atoms with Crippen molar-refractivity contribution in [1.29, 1.82) is 0 Å². The van der Waals surface area contributed by atoms with Gasteiger partial charge >= 0.3 is 0 Å². The van der Waals surface area contributed by atoms with E-state index < -0.39 is 0 Å². The number of rotatable bonds is 2. The molecule has 0 spiro atoms. The first-order valence-corrected chi connectivity index (χ1v) is 7.04. The monoisotopic (exact) mass is 252 g/mol. The van der Waals surface area contributed by atoms with Crippen LogP contribution in [0.25, 0.3) is 0 Å². The second kappa shape index (κ2) is 4.69. The number of anilines is 1. The van der Waals surface area contributed by atoms with E-state index in [2.05, 4.69) is 13.8 Å². The first-order chi connectivity index (χ1) is 8.04. The maximum Gasteiger partial charge on any atom is 0.264 e. The highest BCUT2D eigenvalue weighted by Gasteiger charge is 2.34. The number of hydrogen-bond donors (Lipinski definition) is 1. The first kappa shape index (κ1) is 12.4. The van der Waals surface area contributed by atoms with Gasteiger partial charge in [0.25, 0.3) is 5.91 Å². The topological polar surface area (TPSA) is 46.3 Å². The minimum atomic E-state index is 0.159. The van der Waals surface area contributed by atoms with Crippen LogP contribution in [0.1, 0.15) is 47.7 Å². The van der Waals surface area contributed by atoms with Crippen LogP contribution >= 0.6 is 11.3 Å². The standard InChI is InChI=1S/C13H20N2OS/c1-4-10-6-5-8(2)15(10)13(16)12-7-11(14)9(3)17-12/h7-8,10H,4-6,14H2,1-3H3. The van der Waals surface area contributed by atoms with E-state index in [-0.39, 0.29) is 5.91 Å². The molecule has 2 N–H and O–H groups in total. The highest BCUT2D eigenvalue weighted by atomic mass is 32.1. The number of carbonyl (C=O) groups is 1. The SMILES string of the molecule is CCC1CCC(C)N1C(=O)c1cc(N)c(C)s1. The van der Waals surface area contributed by atoms with Crippen LogP contribution in [-0.4, -0.2) is 22.9 Å². The Hall–Kier alpha value is -1.03. The summed E-state index contributed by atoms with van der Waals surface area (Å²) >= 11 is 1.51. The van der Waals surface area contributed by atoms with Crippen LogP contribution in [0, 0.1) is 6.92 Å². The second-order valence-electron chi connectivity index (χ2n) is 4.82. The third-order valence-electron chi connectivity index (χ3n) is 3.66. The summed E-state index contributed by atoms with van der Waals surface area (Å²) in [5.74, 6) is 0.159. The molecule has 2 heterocycles. The molecule has 17 heavy (non-hydrogen) atoms. The maximum absolute atomic E-state index is 12.5. The molecule has 4 heteroatoms. The Morgan fingerprint density at radius 3 is 2.82 bits per heavy atom. The minimum Gasteiger partial charge on any atom is -0.398 e. The lowest BCUT2D eigenvalue weighted by Gasteiger charge is -2.27. The number of amides is 1. The predicted molar refractivity (Wildman–Crippen MR) is 72.4 cm³/mol. The number of hydrogen-bond acceptors (Lipinski definition) is 3. The molecule has 1 aromatic rings. The Morgan fingerprint density at radius 1 is 1.59 bits per heavy atom. The summed E-state index contributed by atoms with van der Waals surface area (Å²) in [5.41, 5.74) is 6.55. The molecule has 1 saturated heterocycles. The molecule has 0 aliphatic carbocycles. The predicted octanol–water partition coefficient (Wildman–Crippen LogP) is 3.04. The summed E-state index contributed by atoms with van der Waals surface area (Å²) in [6.07, 6.45) is 3.28. The number of likely N-dealkylation sites (tertiary alicyclic amines) is 1. The number of carbonyl (C=O) groups excluding carboxylic acids is 1. The zero-order valence-corrected chi connectivity index (χ0v) is 11.5. The molecule has 0 saturated carbocycles. The average molecular weight is 252 g/mol.